The molecule has 19 heavy (non-hydrogen) atoms. The first-order valence-corrected chi connectivity index (χ1v) is 6.65. The number of thiocarbonyl (C=S) groups is 1. The monoisotopic (exact) mass is 270 g/mol. The zero-order chi connectivity index (χ0) is 13.1. The van der Waals surface area contributed by atoms with Crippen molar-refractivity contribution in [1.82, 2.24) is 15.4 Å². The molecule has 0 atom stereocenters. The molecule has 0 aliphatic carbocycles. The van der Waals surface area contributed by atoms with Crippen LogP contribution in [0.25, 0.3) is 0 Å². The molecule has 2 aromatic rings. The fourth-order valence-electron chi connectivity index (χ4n) is 2.09. The molecule has 0 fully saturated rings. The van der Waals surface area contributed by atoms with Crippen molar-refractivity contribution in [3.05, 3.63) is 53.6 Å². The summed E-state index contributed by atoms with van der Waals surface area (Å²) in [6.45, 7) is 0. The van der Waals surface area contributed by atoms with Crippen molar-refractivity contribution < 1.29 is 0 Å². The van der Waals surface area contributed by atoms with Gasteiger partial charge in [-0.05, 0) is 17.5 Å². The number of hydrogen-bond acceptors (Lipinski definition) is 3. The summed E-state index contributed by atoms with van der Waals surface area (Å²) < 4.78 is 0. The van der Waals surface area contributed by atoms with Gasteiger partial charge in [0, 0.05) is 25.2 Å². The zero-order valence-electron chi connectivity index (χ0n) is 10.4. The fourth-order valence-corrected chi connectivity index (χ4v) is 2.23. The number of rotatable bonds is 3. The third kappa shape index (κ3) is 2.88. The second-order valence-electron chi connectivity index (χ2n) is 4.50. The molecule has 0 spiro atoms. The molecular formula is C14H14N4S. The molecule has 0 saturated carbocycles. The molecule has 0 saturated heterocycles. The summed E-state index contributed by atoms with van der Waals surface area (Å²) in [4.78, 5) is 8.16. The maximum absolute atomic E-state index is 5.07. The molecular weight excluding hydrogens is 256 g/mol. The van der Waals surface area contributed by atoms with Gasteiger partial charge in [0.1, 0.15) is 5.82 Å². The predicted octanol–water partition coefficient (Wildman–Crippen LogP) is 2.42. The van der Waals surface area contributed by atoms with Crippen molar-refractivity contribution in [2.45, 2.75) is 19.3 Å². The Morgan fingerprint density at radius 1 is 1.16 bits per heavy atom. The summed E-state index contributed by atoms with van der Waals surface area (Å²) in [6.07, 6.45) is 6.22. The van der Waals surface area contributed by atoms with E-state index in [1.807, 2.05) is 6.20 Å². The second-order valence-corrected chi connectivity index (χ2v) is 5.00. The summed E-state index contributed by atoms with van der Waals surface area (Å²) in [7, 11) is 0. The Bertz CT molecular complexity index is 599. The Kier molecular flexibility index (Phi) is 3.37. The highest BCUT2D eigenvalue weighted by Gasteiger charge is 2.10. The Morgan fingerprint density at radius 2 is 2.00 bits per heavy atom. The largest absolute Gasteiger partial charge is 0.348 e. The highest BCUT2D eigenvalue weighted by Crippen LogP contribution is 2.13. The van der Waals surface area contributed by atoms with E-state index in [1.165, 1.54) is 5.56 Å². The first-order valence-electron chi connectivity index (χ1n) is 6.24. The Balaban J connectivity index is 1.74. The van der Waals surface area contributed by atoms with E-state index in [9.17, 15) is 0 Å². The molecule has 4 nitrogen and oxygen atoms in total. The number of hydrazone groups is 1. The van der Waals surface area contributed by atoms with Crippen LogP contribution in [-0.2, 0) is 6.42 Å². The number of aromatic amines is 1. The van der Waals surface area contributed by atoms with E-state index in [4.69, 9.17) is 12.2 Å². The number of aromatic nitrogens is 2. The van der Waals surface area contributed by atoms with Crippen LogP contribution in [-0.4, -0.2) is 20.7 Å². The molecule has 0 amide bonds. The molecule has 1 aromatic carbocycles. The second kappa shape index (κ2) is 5.32. The van der Waals surface area contributed by atoms with Gasteiger partial charge in [0.15, 0.2) is 0 Å². The number of H-pyrrole nitrogens is 1. The number of benzene rings is 1. The van der Waals surface area contributed by atoms with Crippen molar-refractivity contribution in [2.24, 2.45) is 5.10 Å². The van der Waals surface area contributed by atoms with E-state index < -0.39 is 0 Å². The molecule has 5 heteroatoms. The van der Waals surface area contributed by atoms with E-state index in [1.54, 1.807) is 6.20 Å². The summed E-state index contributed by atoms with van der Waals surface area (Å²) in [6, 6.07) is 8.45. The van der Waals surface area contributed by atoms with Crippen molar-refractivity contribution in [1.29, 1.82) is 0 Å². The first kappa shape index (κ1) is 12.0. The van der Waals surface area contributed by atoms with E-state index in [-0.39, 0.29) is 0 Å². The smallest absolute Gasteiger partial charge is 0.110 e. The SMILES string of the molecule is S=C1CCC(c2ccc(Cc3ncc[nH]3)cc2)=NN1. The van der Waals surface area contributed by atoms with E-state index >= 15 is 0 Å². The summed E-state index contributed by atoms with van der Waals surface area (Å²) in [5.74, 6) is 0.981. The first-order chi connectivity index (χ1) is 9.31. The molecule has 96 valence electrons. The average molecular weight is 270 g/mol. The zero-order valence-corrected chi connectivity index (χ0v) is 11.2. The molecule has 1 aliphatic rings. The van der Waals surface area contributed by atoms with Crippen LogP contribution in [0.15, 0.2) is 41.8 Å². The van der Waals surface area contributed by atoms with Crippen LogP contribution in [0.4, 0.5) is 0 Å². The normalized spacial score (nSPS) is 14.9. The number of nitrogens with zero attached hydrogens (tertiary/aromatic N) is 2. The summed E-state index contributed by atoms with van der Waals surface area (Å²) >= 11 is 5.07. The van der Waals surface area contributed by atoms with E-state index in [2.05, 4.69) is 44.8 Å². The van der Waals surface area contributed by atoms with Crippen LogP contribution in [0, 0.1) is 0 Å². The fraction of sp³-hybridized carbons (Fsp3) is 0.214. The number of nitrogens with one attached hydrogen (secondary N) is 2. The predicted molar refractivity (Wildman–Crippen MR) is 79.3 cm³/mol. The van der Waals surface area contributed by atoms with E-state index in [0.29, 0.717) is 0 Å². The Hall–Kier alpha value is -2.01. The van der Waals surface area contributed by atoms with Gasteiger partial charge in [0.05, 0.1) is 10.7 Å². The Labute approximate surface area is 117 Å². The maximum atomic E-state index is 5.07. The van der Waals surface area contributed by atoms with Gasteiger partial charge >= 0.3 is 0 Å². The maximum Gasteiger partial charge on any atom is 0.110 e. The van der Waals surface area contributed by atoms with Crippen LogP contribution in [0.5, 0.6) is 0 Å². The molecule has 1 aromatic heterocycles. The summed E-state index contributed by atoms with van der Waals surface area (Å²) in [5.41, 5.74) is 6.34. The van der Waals surface area contributed by atoms with Gasteiger partial charge in [-0.1, -0.05) is 36.5 Å². The lowest BCUT2D eigenvalue weighted by atomic mass is 10.0. The lowest BCUT2D eigenvalue weighted by Crippen LogP contribution is -2.24. The van der Waals surface area contributed by atoms with Crippen LogP contribution < -0.4 is 5.43 Å². The van der Waals surface area contributed by atoms with Gasteiger partial charge in [-0.2, -0.15) is 5.10 Å². The standard InChI is InChI=1S/C14H14N4S/c19-14-6-5-12(17-18-14)11-3-1-10(2-4-11)9-13-15-7-8-16-13/h1-4,7-8H,5-6,9H2,(H,15,16)(H,18,19). The molecule has 3 rings (SSSR count). The molecule has 0 bridgehead atoms. The van der Waals surface area contributed by atoms with Crippen LogP contribution in [0.3, 0.4) is 0 Å². The van der Waals surface area contributed by atoms with Gasteiger partial charge < -0.3 is 4.98 Å². The number of imidazole rings is 1. The molecule has 0 radical (unpaired) electrons. The van der Waals surface area contributed by atoms with Gasteiger partial charge in [0.25, 0.3) is 0 Å². The summed E-state index contributed by atoms with van der Waals surface area (Å²) in [5, 5.41) is 4.29. The van der Waals surface area contributed by atoms with Crippen molar-refractivity contribution >= 4 is 22.9 Å². The lowest BCUT2D eigenvalue weighted by molar-refractivity contribution is 0.926. The van der Waals surface area contributed by atoms with Crippen molar-refractivity contribution in [3.8, 4) is 0 Å². The third-order valence-electron chi connectivity index (χ3n) is 3.12. The highest BCUT2D eigenvalue weighted by atomic mass is 32.1. The molecule has 1 aliphatic heterocycles. The van der Waals surface area contributed by atoms with Crippen molar-refractivity contribution in [3.63, 3.8) is 0 Å². The molecule has 2 heterocycles. The van der Waals surface area contributed by atoms with Crippen LogP contribution in [0.1, 0.15) is 29.8 Å². The van der Waals surface area contributed by atoms with Gasteiger partial charge in [-0.15, -0.1) is 0 Å². The average Bonchev–Trinajstić information content (AvgIpc) is 2.94. The van der Waals surface area contributed by atoms with Gasteiger partial charge in [0.2, 0.25) is 0 Å². The van der Waals surface area contributed by atoms with Gasteiger partial charge in [-0.3, -0.25) is 5.43 Å². The quantitative estimate of drug-likeness (QED) is 0.842. The minimum absolute atomic E-state index is 0.818. The minimum atomic E-state index is 0.818. The Morgan fingerprint density at radius 3 is 2.63 bits per heavy atom. The third-order valence-corrected chi connectivity index (χ3v) is 3.41. The lowest BCUT2D eigenvalue weighted by Gasteiger charge is -2.14. The topological polar surface area (TPSA) is 53.1 Å². The highest BCUT2D eigenvalue weighted by molar-refractivity contribution is 7.80. The van der Waals surface area contributed by atoms with Crippen LogP contribution in [0.2, 0.25) is 0 Å². The molecule has 0 unspecified atom stereocenters. The van der Waals surface area contributed by atoms with Crippen LogP contribution >= 0.6 is 12.2 Å². The van der Waals surface area contributed by atoms with E-state index in [0.717, 1.165) is 41.4 Å². The van der Waals surface area contributed by atoms with Crippen molar-refractivity contribution in [2.75, 3.05) is 0 Å². The van der Waals surface area contributed by atoms with Gasteiger partial charge in [-0.25, -0.2) is 4.98 Å². The number of hydrogen-bond donors (Lipinski definition) is 2. The minimum Gasteiger partial charge on any atom is -0.348 e. The molecule has 2 N–H and O–H groups in total.